The molecule has 1 atom stereocenters. The van der Waals surface area contributed by atoms with Crippen LogP contribution >= 0.6 is 31.9 Å². The van der Waals surface area contributed by atoms with Gasteiger partial charge in [-0.05, 0) is 56.7 Å². The fourth-order valence-corrected chi connectivity index (χ4v) is 4.32. The molecule has 0 saturated heterocycles. The number of carbonyl (C=O) groups is 2. The molecule has 4 aromatic rings. The zero-order valence-corrected chi connectivity index (χ0v) is 21.6. The Bertz CT molecular complexity index is 1340. The Hall–Kier alpha value is -2.78. The lowest BCUT2D eigenvalue weighted by Gasteiger charge is -2.22. The second-order valence-electron chi connectivity index (χ2n) is 8.82. The summed E-state index contributed by atoms with van der Waals surface area (Å²) < 4.78 is 8.98. The van der Waals surface area contributed by atoms with E-state index in [1.807, 2.05) is 63.2 Å². The maximum atomic E-state index is 13.5. The van der Waals surface area contributed by atoms with Crippen LogP contribution in [0, 0.1) is 0 Å². The summed E-state index contributed by atoms with van der Waals surface area (Å²) in [6, 6.07) is 13.6. The molecule has 0 aliphatic carbocycles. The highest BCUT2D eigenvalue weighted by molar-refractivity contribution is 9.10. The van der Waals surface area contributed by atoms with Crippen molar-refractivity contribution in [3.05, 3.63) is 69.4 Å². The Balaban J connectivity index is 1.64. The molecule has 3 N–H and O–H groups in total. The summed E-state index contributed by atoms with van der Waals surface area (Å²) in [5.74, 6) is -1.02. The van der Waals surface area contributed by atoms with Crippen molar-refractivity contribution in [3.8, 4) is 0 Å². The Morgan fingerprint density at radius 3 is 2.58 bits per heavy atom. The van der Waals surface area contributed by atoms with Crippen LogP contribution in [-0.2, 0) is 9.53 Å². The number of ether oxygens (including phenoxy) is 1. The Kier molecular flexibility index (Phi) is 6.54. The van der Waals surface area contributed by atoms with Gasteiger partial charge in [0.05, 0.1) is 5.52 Å². The summed E-state index contributed by atoms with van der Waals surface area (Å²) in [7, 11) is 0. The van der Waals surface area contributed by atoms with Gasteiger partial charge in [0.1, 0.15) is 12.5 Å². The van der Waals surface area contributed by atoms with E-state index in [2.05, 4.69) is 47.6 Å². The van der Waals surface area contributed by atoms with Gasteiger partial charge < -0.3 is 15.0 Å². The van der Waals surface area contributed by atoms with E-state index in [9.17, 15) is 9.59 Å². The number of alkyl carbamates (subject to hydrolysis) is 1. The SMILES string of the molecule is CC(C)(C)NC(=O)OCC(C(=O)Nn1ccc2ccc(Br)cc21)c1c[nH]c2cc(Br)ccc12. The molecule has 0 aliphatic heterocycles. The minimum Gasteiger partial charge on any atom is -0.448 e. The quantitative estimate of drug-likeness (QED) is 0.272. The van der Waals surface area contributed by atoms with E-state index in [1.165, 1.54) is 0 Å². The van der Waals surface area contributed by atoms with Gasteiger partial charge >= 0.3 is 6.09 Å². The van der Waals surface area contributed by atoms with E-state index in [1.54, 1.807) is 17.1 Å². The van der Waals surface area contributed by atoms with Gasteiger partial charge in [0, 0.05) is 43.2 Å². The molecule has 4 rings (SSSR count). The minimum absolute atomic E-state index is 0.111. The Labute approximate surface area is 208 Å². The van der Waals surface area contributed by atoms with E-state index in [0.717, 1.165) is 36.3 Å². The molecule has 0 fully saturated rings. The number of fused-ring (bicyclic) bond motifs is 2. The van der Waals surface area contributed by atoms with Crippen molar-refractivity contribution in [2.45, 2.75) is 32.2 Å². The number of halogens is 2. The molecule has 2 aromatic heterocycles. The minimum atomic E-state index is -0.727. The lowest BCUT2D eigenvalue weighted by Crippen LogP contribution is -2.42. The van der Waals surface area contributed by atoms with Crippen LogP contribution in [0.1, 0.15) is 32.3 Å². The van der Waals surface area contributed by atoms with Gasteiger partial charge in [-0.2, -0.15) is 0 Å². The zero-order chi connectivity index (χ0) is 23.8. The molecule has 33 heavy (non-hydrogen) atoms. The third kappa shape index (κ3) is 5.42. The first-order valence-electron chi connectivity index (χ1n) is 10.4. The normalized spacial score (nSPS) is 12.6. The maximum absolute atomic E-state index is 13.5. The molecule has 2 amide bonds. The number of H-pyrrole nitrogens is 1. The van der Waals surface area contributed by atoms with Crippen molar-refractivity contribution in [2.75, 3.05) is 12.0 Å². The lowest BCUT2D eigenvalue weighted by molar-refractivity contribution is -0.119. The topological polar surface area (TPSA) is 88.1 Å². The molecule has 0 saturated carbocycles. The van der Waals surface area contributed by atoms with Crippen molar-refractivity contribution in [2.24, 2.45) is 0 Å². The van der Waals surface area contributed by atoms with Gasteiger partial charge in [0.2, 0.25) is 5.91 Å². The largest absolute Gasteiger partial charge is 0.448 e. The molecule has 2 heterocycles. The highest BCUT2D eigenvalue weighted by Gasteiger charge is 2.27. The summed E-state index contributed by atoms with van der Waals surface area (Å²) in [6.07, 6.45) is 3.01. The number of carbonyl (C=O) groups excluding carboxylic acids is 2. The monoisotopic (exact) mass is 574 g/mol. The first-order chi connectivity index (χ1) is 15.6. The van der Waals surface area contributed by atoms with Crippen molar-refractivity contribution in [3.63, 3.8) is 0 Å². The number of rotatable bonds is 5. The Morgan fingerprint density at radius 1 is 1.09 bits per heavy atom. The number of nitrogens with zero attached hydrogens (tertiary/aromatic N) is 1. The average Bonchev–Trinajstić information content (AvgIpc) is 3.31. The van der Waals surface area contributed by atoms with Crippen LogP contribution in [0.2, 0.25) is 0 Å². The molecule has 2 aromatic carbocycles. The summed E-state index contributed by atoms with van der Waals surface area (Å²) in [4.78, 5) is 29.0. The number of benzene rings is 2. The van der Waals surface area contributed by atoms with Crippen LogP contribution in [0.5, 0.6) is 0 Å². The van der Waals surface area contributed by atoms with Crippen LogP contribution in [0.15, 0.2) is 63.8 Å². The zero-order valence-electron chi connectivity index (χ0n) is 18.4. The third-order valence-corrected chi connectivity index (χ3v) is 6.10. The van der Waals surface area contributed by atoms with Gasteiger partial charge in [0.15, 0.2) is 0 Å². The predicted molar refractivity (Wildman–Crippen MR) is 137 cm³/mol. The molecular formula is C24H24Br2N4O3. The number of hydrogen-bond acceptors (Lipinski definition) is 3. The van der Waals surface area contributed by atoms with E-state index >= 15 is 0 Å². The number of hydrogen-bond donors (Lipinski definition) is 3. The third-order valence-electron chi connectivity index (χ3n) is 5.11. The van der Waals surface area contributed by atoms with Gasteiger partial charge in [0.25, 0.3) is 0 Å². The number of aromatic nitrogens is 2. The molecule has 172 valence electrons. The van der Waals surface area contributed by atoms with E-state index in [-0.39, 0.29) is 12.5 Å². The van der Waals surface area contributed by atoms with Crippen LogP contribution in [-0.4, -0.2) is 33.8 Å². The second-order valence-corrected chi connectivity index (χ2v) is 10.7. The van der Waals surface area contributed by atoms with Gasteiger partial charge in [-0.15, -0.1) is 0 Å². The molecule has 0 radical (unpaired) electrons. The Morgan fingerprint density at radius 2 is 1.82 bits per heavy atom. The van der Waals surface area contributed by atoms with Crippen LogP contribution in [0.4, 0.5) is 4.79 Å². The highest BCUT2D eigenvalue weighted by atomic mass is 79.9. The highest BCUT2D eigenvalue weighted by Crippen LogP contribution is 2.29. The lowest BCUT2D eigenvalue weighted by atomic mass is 9.98. The summed E-state index contributed by atoms with van der Waals surface area (Å²) in [6.45, 7) is 5.49. The molecule has 7 nitrogen and oxygen atoms in total. The maximum Gasteiger partial charge on any atom is 0.407 e. The average molecular weight is 576 g/mol. The molecule has 0 bridgehead atoms. The number of aromatic amines is 1. The standard InChI is InChI=1S/C24H24Br2N4O3/c1-24(2,3)28-23(32)33-13-19(18-12-27-20-10-15(25)6-7-17(18)20)22(31)29-30-9-8-14-4-5-16(26)11-21(14)30/h4-12,19,27H,13H2,1-3H3,(H,28,32)(H,29,31). The smallest absolute Gasteiger partial charge is 0.407 e. The fraction of sp³-hybridized carbons (Fsp3) is 0.250. The molecule has 1 unspecified atom stereocenters. The summed E-state index contributed by atoms with van der Waals surface area (Å²) in [5, 5.41) is 4.64. The summed E-state index contributed by atoms with van der Waals surface area (Å²) in [5.41, 5.74) is 4.99. The molecular weight excluding hydrogens is 552 g/mol. The van der Waals surface area contributed by atoms with E-state index in [4.69, 9.17) is 4.74 Å². The van der Waals surface area contributed by atoms with E-state index < -0.39 is 17.6 Å². The van der Waals surface area contributed by atoms with Crippen LogP contribution in [0.3, 0.4) is 0 Å². The summed E-state index contributed by atoms with van der Waals surface area (Å²) >= 11 is 6.95. The van der Waals surface area contributed by atoms with E-state index in [0.29, 0.717) is 0 Å². The van der Waals surface area contributed by atoms with Crippen molar-refractivity contribution in [1.82, 2.24) is 15.0 Å². The number of nitrogens with one attached hydrogen (secondary N) is 3. The van der Waals surface area contributed by atoms with Crippen molar-refractivity contribution >= 4 is 65.7 Å². The molecule has 0 spiro atoms. The van der Waals surface area contributed by atoms with Gasteiger partial charge in [-0.1, -0.05) is 44.0 Å². The number of amides is 2. The van der Waals surface area contributed by atoms with Crippen LogP contribution in [0.25, 0.3) is 21.8 Å². The van der Waals surface area contributed by atoms with Gasteiger partial charge in [-0.3, -0.25) is 14.9 Å². The fourth-order valence-electron chi connectivity index (χ4n) is 3.61. The molecule has 0 aliphatic rings. The van der Waals surface area contributed by atoms with Crippen LogP contribution < -0.4 is 10.7 Å². The first-order valence-corrected chi connectivity index (χ1v) is 12.0. The van der Waals surface area contributed by atoms with Crippen molar-refractivity contribution < 1.29 is 14.3 Å². The van der Waals surface area contributed by atoms with Gasteiger partial charge in [-0.25, -0.2) is 4.79 Å². The first kappa shape index (κ1) is 23.4. The predicted octanol–water partition coefficient (Wildman–Crippen LogP) is 6.03. The molecule has 9 heteroatoms. The second kappa shape index (κ2) is 9.23. The van der Waals surface area contributed by atoms with Crippen molar-refractivity contribution in [1.29, 1.82) is 0 Å².